The highest BCUT2D eigenvalue weighted by Gasteiger charge is 2.19. The number of amides is 1. The van der Waals surface area contributed by atoms with Crippen molar-refractivity contribution in [3.8, 4) is 0 Å². The molecule has 0 bridgehead atoms. The first-order chi connectivity index (χ1) is 8.34. The second kappa shape index (κ2) is 8.76. The fourth-order valence-corrected chi connectivity index (χ4v) is 3.06. The van der Waals surface area contributed by atoms with E-state index in [1.54, 1.807) is 0 Å². The fourth-order valence-electron chi connectivity index (χ4n) is 3.06. The lowest BCUT2D eigenvalue weighted by Crippen LogP contribution is -2.37. The van der Waals surface area contributed by atoms with Crippen molar-refractivity contribution in [1.29, 1.82) is 0 Å². The van der Waals surface area contributed by atoms with Crippen LogP contribution in [0.25, 0.3) is 0 Å². The first-order valence-electron chi connectivity index (χ1n) is 7.34. The van der Waals surface area contributed by atoms with Gasteiger partial charge in [-0.15, -0.1) is 12.4 Å². The van der Waals surface area contributed by atoms with Gasteiger partial charge in [0.15, 0.2) is 0 Å². The highest BCUT2D eigenvalue weighted by molar-refractivity contribution is 5.85. The predicted molar refractivity (Wildman–Crippen MR) is 77.1 cm³/mol. The van der Waals surface area contributed by atoms with Crippen LogP contribution in [-0.4, -0.2) is 25.0 Å². The third kappa shape index (κ3) is 5.57. The van der Waals surface area contributed by atoms with E-state index >= 15 is 0 Å². The maximum Gasteiger partial charge on any atom is 0.220 e. The average molecular weight is 275 g/mol. The van der Waals surface area contributed by atoms with Crippen LogP contribution in [-0.2, 0) is 4.79 Å². The highest BCUT2D eigenvalue weighted by atomic mass is 35.5. The lowest BCUT2D eigenvalue weighted by molar-refractivity contribution is -0.123. The molecule has 3 nitrogen and oxygen atoms in total. The molecule has 1 saturated heterocycles. The smallest absolute Gasteiger partial charge is 0.220 e. The summed E-state index contributed by atoms with van der Waals surface area (Å²) in [6.45, 7) is 2.17. The summed E-state index contributed by atoms with van der Waals surface area (Å²) in [5.74, 6) is 0.908. The number of piperidine rings is 1. The Bertz CT molecular complexity index is 234. The molecule has 2 fully saturated rings. The van der Waals surface area contributed by atoms with Crippen LogP contribution in [0.5, 0.6) is 0 Å². The van der Waals surface area contributed by atoms with Crippen LogP contribution in [0, 0.1) is 5.92 Å². The maximum absolute atomic E-state index is 12.0. The third-order valence-corrected chi connectivity index (χ3v) is 4.15. The minimum atomic E-state index is 0. The Labute approximate surface area is 117 Å². The molecule has 0 aromatic rings. The largest absolute Gasteiger partial charge is 0.353 e. The van der Waals surface area contributed by atoms with Gasteiger partial charge in [-0.2, -0.15) is 0 Å². The van der Waals surface area contributed by atoms with E-state index < -0.39 is 0 Å². The summed E-state index contributed by atoms with van der Waals surface area (Å²) in [5.41, 5.74) is 0. The molecule has 0 unspecified atom stereocenters. The normalized spacial score (nSPS) is 22.9. The Morgan fingerprint density at radius 2 is 1.61 bits per heavy atom. The predicted octanol–water partition coefficient (Wildman–Crippen LogP) is 2.64. The lowest BCUT2D eigenvalue weighted by Gasteiger charge is -2.23. The van der Waals surface area contributed by atoms with E-state index in [0.717, 1.165) is 32.4 Å². The van der Waals surface area contributed by atoms with Crippen LogP contribution in [0.3, 0.4) is 0 Å². The molecule has 1 heterocycles. The van der Waals surface area contributed by atoms with Gasteiger partial charge in [-0.25, -0.2) is 0 Å². The van der Waals surface area contributed by atoms with Crippen LogP contribution in [0.1, 0.15) is 57.8 Å². The molecule has 0 aromatic carbocycles. The molecule has 2 aliphatic rings. The quantitative estimate of drug-likeness (QED) is 0.777. The molecule has 0 aromatic heterocycles. The van der Waals surface area contributed by atoms with Crippen molar-refractivity contribution in [3.05, 3.63) is 0 Å². The molecule has 2 N–H and O–H groups in total. The average Bonchev–Trinajstić information content (AvgIpc) is 2.59. The number of hydrogen-bond acceptors (Lipinski definition) is 2. The molecule has 1 aliphatic heterocycles. The van der Waals surface area contributed by atoms with Gasteiger partial charge in [0.1, 0.15) is 0 Å². The van der Waals surface area contributed by atoms with E-state index in [9.17, 15) is 4.79 Å². The minimum absolute atomic E-state index is 0. The maximum atomic E-state index is 12.0. The van der Waals surface area contributed by atoms with E-state index in [-0.39, 0.29) is 12.4 Å². The van der Waals surface area contributed by atoms with Gasteiger partial charge >= 0.3 is 0 Å². The molecule has 0 spiro atoms. The number of rotatable bonds is 3. The third-order valence-electron chi connectivity index (χ3n) is 4.15. The van der Waals surface area contributed by atoms with Crippen molar-refractivity contribution in [2.75, 3.05) is 13.1 Å². The standard InChI is InChI=1S/C14H26N2O.ClH/c17-14(11-12-7-9-15-10-8-12)16-13-5-3-1-2-4-6-13;/h12-13,15H,1-11H2,(H,16,17);1H. The van der Waals surface area contributed by atoms with E-state index in [4.69, 9.17) is 0 Å². The summed E-state index contributed by atoms with van der Waals surface area (Å²) >= 11 is 0. The summed E-state index contributed by atoms with van der Waals surface area (Å²) in [7, 11) is 0. The summed E-state index contributed by atoms with van der Waals surface area (Å²) in [5, 5.41) is 6.59. The first-order valence-corrected chi connectivity index (χ1v) is 7.34. The van der Waals surface area contributed by atoms with Crippen molar-refractivity contribution in [2.24, 2.45) is 5.92 Å². The van der Waals surface area contributed by atoms with Crippen molar-refractivity contribution in [1.82, 2.24) is 10.6 Å². The number of carbonyl (C=O) groups excluding carboxylic acids is 1. The molecular formula is C14H27ClN2O. The SMILES string of the molecule is Cl.O=C(CC1CCNCC1)NC1CCCCCC1. The second-order valence-electron chi connectivity index (χ2n) is 5.65. The van der Waals surface area contributed by atoms with E-state index in [1.165, 1.54) is 38.5 Å². The zero-order chi connectivity index (χ0) is 11.9. The van der Waals surface area contributed by atoms with Gasteiger partial charge in [-0.1, -0.05) is 25.7 Å². The van der Waals surface area contributed by atoms with Crippen LogP contribution in [0.2, 0.25) is 0 Å². The number of carbonyl (C=O) groups is 1. The molecule has 1 aliphatic carbocycles. The van der Waals surface area contributed by atoms with Gasteiger partial charge in [0.25, 0.3) is 0 Å². The summed E-state index contributed by atoms with van der Waals surface area (Å²) < 4.78 is 0. The Kier molecular flexibility index (Phi) is 7.68. The highest BCUT2D eigenvalue weighted by Crippen LogP contribution is 2.19. The van der Waals surface area contributed by atoms with Crippen LogP contribution >= 0.6 is 12.4 Å². The molecule has 1 saturated carbocycles. The van der Waals surface area contributed by atoms with E-state index in [0.29, 0.717) is 17.9 Å². The number of nitrogens with one attached hydrogen (secondary N) is 2. The van der Waals surface area contributed by atoms with Gasteiger partial charge < -0.3 is 10.6 Å². The zero-order valence-electron chi connectivity index (χ0n) is 11.2. The number of hydrogen-bond donors (Lipinski definition) is 2. The monoisotopic (exact) mass is 274 g/mol. The zero-order valence-corrected chi connectivity index (χ0v) is 12.1. The van der Waals surface area contributed by atoms with Crippen molar-refractivity contribution in [3.63, 3.8) is 0 Å². The summed E-state index contributed by atoms with van der Waals surface area (Å²) in [6.07, 6.45) is 10.7. The van der Waals surface area contributed by atoms with Crippen LogP contribution in [0.4, 0.5) is 0 Å². The molecule has 18 heavy (non-hydrogen) atoms. The van der Waals surface area contributed by atoms with E-state index in [2.05, 4.69) is 10.6 Å². The minimum Gasteiger partial charge on any atom is -0.353 e. The van der Waals surface area contributed by atoms with E-state index in [1.807, 2.05) is 0 Å². The second-order valence-corrected chi connectivity index (χ2v) is 5.65. The Hall–Kier alpha value is -0.280. The Morgan fingerprint density at radius 3 is 2.22 bits per heavy atom. The topological polar surface area (TPSA) is 41.1 Å². The fraction of sp³-hybridized carbons (Fsp3) is 0.929. The van der Waals surface area contributed by atoms with Gasteiger partial charge in [0.2, 0.25) is 5.91 Å². The molecule has 106 valence electrons. The molecular weight excluding hydrogens is 248 g/mol. The van der Waals surface area contributed by atoms with Gasteiger partial charge in [-0.05, 0) is 44.7 Å². The number of halogens is 1. The molecule has 2 rings (SSSR count). The lowest BCUT2D eigenvalue weighted by atomic mass is 9.94. The first kappa shape index (κ1) is 15.8. The molecule has 0 atom stereocenters. The summed E-state index contributed by atoms with van der Waals surface area (Å²) in [4.78, 5) is 12.0. The molecule has 4 heteroatoms. The van der Waals surface area contributed by atoms with Gasteiger partial charge in [-0.3, -0.25) is 4.79 Å². The van der Waals surface area contributed by atoms with Crippen LogP contribution < -0.4 is 10.6 Å². The van der Waals surface area contributed by atoms with Gasteiger partial charge in [0, 0.05) is 12.5 Å². The Balaban J connectivity index is 0.00000162. The Morgan fingerprint density at radius 1 is 1.00 bits per heavy atom. The van der Waals surface area contributed by atoms with Crippen LogP contribution in [0.15, 0.2) is 0 Å². The van der Waals surface area contributed by atoms with Crippen molar-refractivity contribution < 1.29 is 4.79 Å². The van der Waals surface area contributed by atoms with Crippen molar-refractivity contribution >= 4 is 18.3 Å². The molecule has 0 radical (unpaired) electrons. The summed E-state index contributed by atoms with van der Waals surface area (Å²) in [6, 6.07) is 0.465. The molecule has 1 amide bonds. The van der Waals surface area contributed by atoms with Crippen molar-refractivity contribution in [2.45, 2.75) is 63.8 Å². The van der Waals surface area contributed by atoms with Gasteiger partial charge in [0.05, 0.1) is 0 Å².